The molecule has 0 aliphatic rings. The number of phenols is 1. The van der Waals surface area contributed by atoms with E-state index >= 15 is 0 Å². The molecule has 0 amide bonds. The number of rotatable bonds is 7. The van der Waals surface area contributed by atoms with Crippen LogP contribution in [0, 0.1) is 6.07 Å². The topological polar surface area (TPSA) is 50.9 Å². The van der Waals surface area contributed by atoms with Gasteiger partial charge in [-0.05, 0) is 109 Å². The molecule has 330 valence electrons. The van der Waals surface area contributed by atoms with Gasteiger partial charge in [-0.3, -0.25) is 9.55 Å². The van der Waals surface area contributed by atoms with Gasteiger partial charge in [-0.1, -0.05) is 169 Å². The second-order valence-corrected chi connectivity index (χ2v) is 19.8. The second kappa shape index (κ2) is 17.3. The van der Waals surface area contributed by atoms with Crippen molar-refractivity contribution in [1.82, 2.24) is 14.5 Å². The smallest absolute Gasteiger partial charge is 0.148 e. The van der Waals surface area contributed by atoms with E-state index in [1.54, 1.807) is 0 Å². The van der Waals surface area contributed by atoms with Crippen LogP contribution in [0.2, 0.25) is 0 Å². The Kier molecular flexibility index (Phi) is 11.7. The van der Waals surface area contributed by atoms with E-state index in [4.69, 9.17) is 9.97 Å². The number of nitrogens with zero attached hydrogens (tertiary/aromatic N) is 3. The third-order valence-corrected chi connectivity index (χ3v) is 12.9. The van der Waals surface area contributed by atoms with Gasteiger partial charge in [0, 0.05) is 43.9 Å². The maximum Gasteiger partial charge on any atom is 0.148 e. The number of hydrogen-bond donors (Lipinski definition) is 1. The Morgan fingerprint density at radius 2 is 1.20 bits per heavy atom. The van der Waals surface area contributed by atoms with Gasteiger partial charge in [0.25, 0.3) is 0 Å². The Balaban J connectivity index is 0.00000548. The van der Waals surface area contributed by atoms with Crippen LogP contribution in [0.4, 0.5) is 0 Å². The zero-order valence-corrected chi connectivity index (χ0v) is 41.1. The Morgan fingerprint density at radius 1 is 0.530 bits per heavy atom. The molecule has 0 spiro atoms. The molecule has 66 heavy (non-hydrogen) atoms. The molecular weight excluding hydrogens is 986 g/mol. The first-order valence-corrected chi connectivity index (χ1v) is 22.7. The first kappa shape index (κ1) is 44.6. The van der Waals surface area contributed by atoms with E-state index in [0.717, 1.165) is 77.7 Å². The summed E-state index contributed by atoms with van der Waals surface area (Å²) in [6.45, 7) is 17.8. The zero-order chi connectivity index (χ0) is 45.2. The maximum atomic E-state index is 11.8. The SMILES string of the molecule is CC(C)c1cc(-c2[c-]c(-c3cc(-c4ccc5ccccc5c4)cc4c3nc(-c3cc(C(C)(C)C)ccc3O)n4-c3ccc(C(C)(C)C)cc3)ccc2)c2nccc(-c3ccccc3)c2c1.[Pt]. The molecule has 0 aliphatic heterocycles. The van der Waals surface area contributed by atoms with Gasteiger partial charge in [-0.15, -0.1) is 35.4 Å². The van der Waals surface area contributed by atoms with Gasteiger partial charge in [0.2, 0.25) is 0 Å². The average Bonchev–Trinajstić information content (AvgIpc) is 3.69. The quantitative estimate of drug-likeness (QED) is 0.162. The molecule has 2 heterocycles. The third-order valence-electron chi connectivity index (χ3n) is 12.9. The Labute approximate surface area is 403 Å². The summed E-state index contributed by atoms with van der Waals surface area (Å²) < 4.78 is 2.23. The third kappa shape index (κ3) is 8.29. The van der Waals surface area contributed by atoms with Crippen molar-refractivity contribution in [3.05, 3.63) is 193 Å². The van der Waals surface area contributed by atoms with Crippen molar-refractivity contribution < 1.29 is 26.2 Å². The molecule has 8 aromatic carbocycles. The van der Waals surface area contributed by atoms with Gasteiger partial charge in [0.05, 0.1) is 16.6 Å². The summed E-state index contributed by atoms with van der Waals surface area (Å²) in [6.07, 6.45) is 1.93. The van der Waals surface area contributed by atoms with Crippen LogP contribution in [0.15, 0.2) is 170 Å². The molecule has 0 unspecified atom stereocenters. The normalized spacial score (nSPS) is 12.0. The van der Waals surface area contributed by atoms with Gasteiger partial charge < -0.3 is 5.11 Å². The zero-order valence-electron chi connectivity index (χ0n) is 38.8. The Morgan fingerprint density at radius 3 is 1.89 bits per heavy atom. The molecule has 10 rings (SSSR count). The van der Waals surface area contributed by atoms with Crippen molar-refractivity contribution in [2.45, 2.75) is 72.1 Å². The molecule has 2 aromatic heterocycles. The van der Waals surface area contributed by atoms with Gasteiger partial charge in [0.15, 0.2) is 0 Å². The van der Waals surface area contributed by atoms with E-state index in [0.29, 0.717) is 17.3 Å². The fraction of sp³-hybridized carbons (Fsp3) is 0.180. The minimum atomic E-state index is -0.148. The summed E-state index contributed by atoms with van der Waals surface area (Å²) in [5.74, 6) is 1.16. The molecule has 1 N–H and O–H groups in total. The van der Waals surface area contributed by atoms with Crippen LogP contribution in [0.25, 0.3) is 94.3 Å². The summed E-state index contributed by atoms with van der Waals surface area (Å²) in [5.41, 5.74) is 16.2. The molecule has 0 saturated carbocycles. The predicted molar refractivity (Wildman–Crippen MR) is 273 cm³/mol. The van der Waals surface area contributed by atoms with Crippen molar-refractivity contribution >= 4 is 32.7 Å². The number of aromatic hydroxyl groups is 1. The first-order valence-electron chi connectivity index (χ1n) is 22.7. The fourth-order valence-corrected chi connectivity index (χ4v) is 9.12. The molecule has 0 saturated heterocycles. The fourth-order valence-electron chi connectivity index (χ4n) is 9.12. The number of aromatic nitrogens is 3. The van der Waals surface area contributed by atoms with Crippen LogP contribution >= 0.6 is 0 Å². The van der Waals surface area contributed by atoms with Crippen molar-refractivity contribution in [1.29, 1.82) is 0 Å². The molecule has 0 fully saturated rings. The van der Waals surface area contributed by atoms with Gasteiger partial charge >= 0.3 is 0 Å². The molecule has 0 atom stereocenters. The average molecular weight is 1040 g/mol. The van der Waals surface area contributed by atoms with Crippen LogP contribution in [-0.4, -0.2) is 19.6 Å². The summed E-state index contributed by atoms with van der Waals surface area (Å²) in [4.78, 5) is 10.6. The second-order valence-electron chi connectivity index (χ2n) is 19.8. The van der Waals surface area contributed by atoms with Gasteiger partial charge in [-0.2, -0.15) is 0 Å². The minimum absolute atomic E-state index is 0. The van der Waals surface area contributed by atoms with Crippen LogP contribution in [0.5, 0.6) is 5.75 Å². The number of imidazole rings is 1. The number of fused-ring (bicyclic) bond motifs is 3. The number of hydrogen-bond acceptors (Lipinski definition) is 3. The molecule has 10 aromatic rings. The van der Waals surface area contributed by atoms with Crippen LogP contribution < -0.4 is 0 Å². The standard InChI is InChI=1S/C61H54N3O.Pt/c1-38(2)45-33-51(57-53(34-45)50(29-30-62-57)40-16-10-9-11-17-40)43-19-14-20-44(32-43)52-35-46(42-22-21-39-15-12-13-18-41(39)31-42)36-55-58(52)63-59(54-37-48(61(6,7)8)25-28-56(54)65)64(55)49-26-23-47(24-27-49)60(3,4)5;/h9-31,33-38,65H,1-8H3;/q-1;. The van der Waals surface area contributed by atoms with E-state index in [9.17, 15) is 5.11 Å². The molecule has 4 nitrogen and oxygen atoms in total. The number of pyridine rings is 1. The Hall–Kier alpha value is -6.61. The minimum Gasteiger partial charge on any atom is -0.507 e. The van der Waals surface area contributed by atoms with E-state index in [-0.39, 0.29) is 37.6 Å². The van der Waals surface area contributed by atoms with E-state index < -0.39 is 0 Å². The van der Waals surface area contributed by atoms with E-state index in [1.165, 1.54) is 21.9 Å². The number of benzene rings is 8. The predicted octanol–water partition coefficient (Wildman–Crippen LogP) is 16.3. The van der Waals surface area contributed by atoms with Crippen molar-refractivity contribution in [2.24, 2.45) is 0 Å². The summed E-state index contributed by atoms with van der Waals surface area (Å²) in [7, 11) is 0. The summed E-state index contributed by atoms with van der Waals surface area (Å²) >= 11 is 0. The number of phenolic OH excluding ortho intramolecular Hbond substituents is 1. The van der Waals surface area contributed by atoms with Gasteiger partial charge in [0.1, 0.15) is 11.6 Å². The molecule has 5 heteroatoms. The first-order chi connectivity index (χ1) is 31.2. The van der Waals surface area contributed by atoms with Gasteiger partial charge in [-0.25, -0.2) is 4.98 Å². The molecule has 0 aliphatic carbocycles. The van der Waals surface area contributed by atoms with Crippen LogP contribution in [0.3, 0.4) is 0 Å². The van der Waals surface area contributed by atoms with E-state index in [1.807, 2.05) is 18.3 Å². The summed E-state index contributed by atoms with van der Waals surface area (Å²) in [5, 5.41) is 15.3. The van der Waals surface area contributed by atoms with E-state index in [2.05, 4.69) is 218 Å². The van der Waals surface area contributed by atoms with Crippen molar-refractivity contribution in [2.75, 3.05) is 0 Å². The Bertz CT molecular complexity index is 3420. The summed E-state index contributed by atoms with van der Waals surface area (Å²) in [6, 6.07) is 62.2. The molecule has 0 bridgehead atoms. The largest absolute Gasteiger partial charge is 0.507 e. The maximum absolute atomic E-state index is 11.8. The molecular formula is C61H54N3OPt-. The van der Waals surface area contributed by atoms with Crippen molar-refractivity contribution in [3.8, 4) is 67.3 Å². The van der Waals surface area contributed by atoms with Crippen LogP contribution in [0.1, 0.15) is 78.0 Å². The molecule has 0 radical (unpaired) electrons. The van der Waals surface area contributed by atoms with Crippen molar-refractivity contribution in [3.63, 3.8) is 0 Å². The van der Waals surface area contributed by atoms with Crippen LogP contribution in [-0.2, 0) is 31.9 Å². The monoisotopic (exact) mass is 1040 g/mol.